The smallest absolute Gasteiger partial charge is 0.336 e. The summed E-state index contributed by atoms with van der Waals surface area (Å²) >= 11 is 0. The first-order chi connectivity index (χ1) is 14.6. The predicted octanol–water partition coefficient (Wildman–Crippen LogP) is 3.46. The predicted molar refractivity (Wildman–Crippen MR) is 106 cm³/mol. The van der Waals surface area contributed by atoms with Crippen molar-refractivity contribution in [1.82, 2.24) is 9.97 Å². The molecule has 30 heavy (non-hydrogen) atoms. The maximum absolute atomic E-state index is 12.1. The van der Waals surface area contributed by atoms with Crippen molar-refractivity contribution in [2.45, 2.75) is 0 Å². The molecule has 4 rings (SSSR count). The van der Waals surface area contributed by atoms with E-state index in [0.29, 0.717) is 32.9 Å². The number of hydrogen-bond acceptors (Lipinski definition) is 6. The summed E-state index contributed by atoms with van der Waals surface area (Å²) in [5.74, 6) is -1.07. The fourth-order valence-corrected chi connectivity index (χ4v) is 2.92. The molecule has 0 spiro atoms. The number of carbonyl (C=O) groups is 2. The van der Waals surface area contributed by atoms with Crippen molar-refractivity contribution in [3.63, 3.8) is 0 Å². The van der Waals surface area contributed by atoms with Gasteiger partial charge in [-0.05, 0) is 36.4 Å². The van der Waals surface area contributed by atoms with Gasteiger partial charge in [0, 0.05) is 46.4 Å². The Morgan fingerprint density at radius 2 is 1.20 bits per heavy atom. The van der Waals surface area contributed by atoms with Crippen LogP contribution in [0.5, 0.6) is 11.5 Å². The van der Waals surface area contributed by atoms with Crippen LogP contribution in [-0.4, -0.2) is 21.9 Å². The van der Waals surface area contributed by atoms with Gasteiger partial charge in [0.05, 0.1) is 23.3 Å². The molecule has 0 fully saturated rings. The third-order valence-electron chi connectivity index (χ3n) is 4.32. The number of nitriles is 2. The molecule has 4 aromatic rings. The average Bonchev–Trinajstić information content (AvgIpc) is 3.35. The quantitative estimate of drug-likeness (QED) is 0.401. The van der Waals surface area contributed by atoms with E-state index in [1.807, 2.05) is 12.1 Å². The molecule has 2 heterocycles. The lowest BCUT2D eigenvalue weighted by Crippen LogP contribution is -2.08. The van der Waals surface area contributed by atoms with Gasteiger partial charge in [-0.25, -0.2) is 9.59 Å². The lowest BCUT2D eigenvalue weighted by molar-refractivity contribution is -0.131. The molecule has 0 amide bonds. The zero-order valence-electron chi connectivity index (χ0n) is 15.3. The number of carbonyl (C=O) groups excluding carboxylic acids is 2. The van der Waals surface area contributed by atoms with Gasteiger partial charge in [-0.15, -0.1) is 0 Å². The van der Waals surface area contributed by atoms with E-state index < -0.39 is 11.9 Å². The van der Waals surface area contributed by atoms with Crippen LogP contribution in [0.25, 0.3) is 21.8 Å². The second-order valence-electron chi connectivity index (χ2n) is 6.23. The molecule has 0 atom stereocenters. The summed E-state index contributed by atoms with van der Waals surface area (Å²) in [4.78, 5) is 30.0. The van der Waals surface area contributed by atoms with E-state index in [1.54, 1.807) is 36.4 Å². The molecule has 0 saturated carbocycles. The van der Waals surface area contributed by atoms with Crippen LogP contribution in [0, 0.1) is 22.7 Å². The second-order valence-corrected chi connectivity index (χ2v) is 6.23. The van der Waals surface area contributed by atoms with Crippen LogP contribution < -0.4 is 9.47 Å². The third-order valence-corrected chi connectivity index (χ3v) is 4.32. The SMILES string of the molecule is N#Cc1ccc2[nH]cc(OC(=O)/C=C\C(=O)Oc3c[nH]c4ccc(C#N)cc34)c2c1. The van der Waals surface area contributed by atoms with Gasteiger partial charge in [0.25, 0.3) is 0 Å². The molecule has 144 valence electrons. The molecule has 2 aromatic carbocycles. The highest BCUT2D eigenvalue weighted by Gasteiger charge is 2.11. The zero-order valence-corrected chi connectivity index (χ0v) is 15.3. The van der Waals surface area contributed by atoms with Crippen LogP contribution in [0.15, 0.2) is 60.9 Å². The minimum absolute atomic E-state index is 0.241. The first kappa shape index (κ1) is 18.5. The van der Waals surface area contributed by atoms with Crippen molar-refractivity contribution in [1.29, 1.82) is 10.5 Å². The maximum Gasteiger partial charge on any atom is 0.336 e. The summed E-state index contributed by atoms with van der Waals surface area (Å²) in [7, 11) is 0. The number of aromatic amines is 2. The molecule has 0 bridgehead atoms. The maximum atomic E-state index is 12.1. The Hall–Kier alpha value is -4.82. The van der Waals surface area contributed by atoms with Crippen molar-refractivity contribution >= 4 is 33.7 Å². The molecule has 0 aliphatic rings. The summed E-state index contributed by atoms with van der Waals surface area (Å²) in [6, 6.07) is 13.9. The first-order valence-corrected chi connectivity index (χ1v) is 8.71. The largest absolute Gasteiger partial charge is 0.421 e. The molecule has 0 saturated heterocycles. The van der Waals surface area contributed by atoms with Gasteiger partial charge in [0.15, 0.2) is 11.5 Å². The fourth-order valence-electron chi connectivity index (χ4n) is 2.92. The lowest BCUT2D eigenvalue weighted by Gasteiger charge is -2.01. The van der Waals surface area contributed by atoms with Crippen molar-refractivity contribution in [3.05, 3.63) is 72.1 Å². The third kappa shape index (κ3) is 3.61. The highest BCUT2D eigenvalue weighted by molar-refractivity contribution is 5.97. The second kappa shape index (κ2) is 7.66. The summed E-state index contributed by atoms with van der Waals surface area (Å²) in [6.07, 6.45) is 4.89. The van der Waals surface area contributed by atoms with Gasteiger partial charge in [-0.3, -0.25) is 0 Å². The molecule has 0 radical (unpaired) electrons. The first-order valence-electron chi connectivity index (χ1n) is 8.71. The molecule has 0 aliphatic carbocycles. The number of nitrogens with one attached hydrogen (secondary N) is 2. The monoisotopic (exact) mass is 396 g/mol. The number of hydrogen-bond donors (Lipinski definition) is 2. The topological polar surface area (TPSA) is 132 Å². The summed E-state index contributed by atoms with van der Waals surface area (Å²) < 4.78 is 10.5. The number of benzene rings is 2. The highest BCUT2D eigenvalue weighted by atomic mass is 16.5. The Bertz CT molecular complexity index is 1300. The van der Waals surface area contributed by atoms with E-state index in [0.717, 1.165) is 12.2 Å². The van der Waals surface area contributed by atoms with Crippen molar-refractivity contribution in [3.8, 4) is 23.6 Å². The van der Waals surface area contributed by atoms with Gasteiger partial charge in [0.1, 0.15) is 0 Å². The van der Waals surface area contributed by atoms with Gasteiger partial charge < -0.3 is 19.4 Å². The van der Waals surface area contributed by atoms with Crippen LogP contribution in [-0.2, 0) is 9.59 Å². The van der Waals surface area contributed by atoms with Crippen LogP contribution in [0.2, 0.25) is 0 Å². The molecule has 8 nitrogen and oxygen atoms in total. The van der Waals surface area contributed by atoms with Gasteiger partial charge in [0.2, 0.25) is 0 Å². The van der Waals surface area contributed by atoms with E-state index in [4.69, 9.17) is 20.0 Å². The fraction of sp³-hybridized carbons (Fsp3) is 0. The number of esters is 2. The van der Waals surface area contributed by atoms with Crippen LogP contribution in [0.3, 0.4) is 0 Å². The summed E-state index contributed by atoms with van der Waals surface area (Å²) in [5.41, 5.74) is 2.26. The number of ether oxygens (including phenoxy) is 2. The number of aromatic nitrogens is 2. The van der Waals surface area contributed by atoms with Gasteiger partial charge in [-0.2, -0.15) is 10.5 Å². The van der Waals surface area contributed by atoms with Gasteiger partial charge >= 0.3 is 11.9 Å². The Kier molecular flexibility index (Phi) is 4.73. The van der Waals surface area contributed by atoms with Crippen LogP contribution in [0.4, 0.5) is 0 Å². The zero-order chi connectivity index (χ0) is 21.1. The molecular weight excluding hydrogens is 384 g/mol. The van der Waals surface area contributed by atoms with E-state index >= 15 is 0 Å². The molecule has 0 unspecified atom stereocenters. The van der Waals surface area contributed by atoms with E-state index in [-0.39, 0.29) is 11.5 Å². The Balaban J connectivity index is 1.45. The molecule has 8 heteroatoms. The Morgan fingerprint density at radius 1 is 0.767 bits per heavy atom. The van der Waals surface area contributed by atoms with Gasteiger partial charge in [-0.1, -0.05) is 0 Å². The summed E-state index contributed by atoms with van der Waals surface area (Å²) in [6.45, 7) is 0. The minimum Gasteiger partial charge on any atom is -0.421 e. The molecule has 2 aromatic heterocycles. The molecule has 0 aliphatic heterocycles. The number of nitrogens with zero attached hydrogens (tertiary/aromatic N) is 2. The van der Waals surface area contributed by atoms with Crippen LogP contribution in [0.1, 0.15) is 11.1 Å². The average molecular weight is 396 g/mol. The Morgan fingerprint density at radius 3 is 1.60 bits per heavy atom. The van der Waals surface area contributed by atoms with E-state index in [1.165, 1.54) is 12.4 Å². The Labute approximate surface area is 169 Å². The lowest BCUT2D eigenvalue weighted by atomic mass is 10.2. The normalized spacial score (nSPS) is 10.7. The van der Waals surface area contributed by atoms with Crippen molar-refractivity contribution < 1.29 is 19.1 Å². The summed E-state index contributed by atoms with van der Waals surface area (Å²) in [5, 5.41) is 19.2. The minimum atomic E-state index is -0.777. The number of H-pyrrole nitrogens is 2. The van der Waals surface area contributed by atoms with Crippen molar-refractivity contribution in [2.24, 2.45) is 0 Å². The standard InChI is InChI=1S/C22H12N4O4/c23-9-13-1-3-17-15(7-13)19(11-25-17)29-21(27)5-6-22(28)30-20-12-26-18-4-2-14(10-24)8-16(18)20/h1-8,11-12,25-26H/b6-5-. The molecule has 2 N–H and O–H groups in total. The number of rotatable bonds is 4. The van der Waals surface area contributed by atoms with Crippen molar-refractivity contribution in [2.75, 3.05) is 0 Å². The van der Waals surface area contributed by atoms with E-state index in [9.17, 15) is 9.59 Å². The van der Waals surface area contributed by atoms with Crippen LogP contribution >= 0.6 is 0 Å². The number of fused-ring (bicyclic) bond motifs is 2. The molecular formula is C22H12N4O4. The highest BCUT2D eigenvalue weighted by Crippen LogP contribution is 2.27. The van der Waals surface area contributed by atoms with E-state index in [2.05, 4.69) is 9.97 Å².